The Morgan fingerprint density at radius 2 is 2.10 bits per heavy atom. The predicted octanol–water partition coefficient (Wildman–Crippen LogP) is 1.86. The number of aromatic amines is 1. The highest BCUT2D eigenvalue weighted by atomic mass is 15.1. The second-order valence-electron chi connectivity index (χ2n) is 5.79. The van der Waals surface area contributed by atoms with Crippen molar-refractivity contribution in [3.63, 3.8) is 0 Å². The molecule has 0 amide bonds. The number of benzene rings is 1. The van der Waals surface area contributed by atoms with Crippen LogP contribution in [-0.2, 0) is 19.5 Å². The number of aromatic nitrogens is 2. The largest absolute Gasteiger partial charge is 0.347 e. The van der Waals surface area contributed by atoms with Crippen molar-refractivity contribution < 1.29 is 0 Å². The first-order valence-electron chi connectivity index (χ1n) is 7.19. The summed E-state index contributed by atoms with van der Waals surface area (Å²) >= 11 is 0. The van der Waals surface area contributed by atoms with Crippen LogP contribution < -0.4 is 5.32 Å². The smallest absolute Gasteiger partial charge is 0.0925 e. The quantitative estimate of drug-likeness (QED) is 0.891. The van der Waals surface area contributed by atoms with Gasteiger partial charge in [0.15, 0.2) is 0 Å². The number of likely N-dealkylation sites (N-methyl/N-ethyl adjacent to an activating group) is 1. The van der Waals surface area contributed by atoms with Crippen molar-refractivity contribution in [3.8, 4) is 0 Å². The Bertz CT molecular complexity index is 558. The molecule has 3 rings (SSSR count). The maximum absolute atomic E-state index is 4.39. The highest BCUT2D eigenvalue weighted by Crippen LogP contribution is 2.13. The van der Waals surface area contributed by atoms with E-state index >= 15 is 0 Å². The number of rotatable bonds is 4. The molecule has 0 fully saturated rings. The molecule has 1 aliphatic rings. The molecule has 2 N–H and O–H groups in total. The normalized spacial score (nSPS) is 18.2. The van der Waals surface area contributed by atoms with E-state index in [1.54, 1.807) is 6.33 Å². The van der Waals surface area contributed by atoms with Crippen molar-refractivity contribution in [1.29, 1.82) is 0 Å². The van der Waals surface area contributed by atoms with E-state index in [-0.39, 0.29) is 0 Å². The molecule has 0 spiro atoms. The van der Waals surface area contributed by atoms with Crippen LogP contribution in [0.4, 0.5) is 0 Å². The Balaban J connectivity index is 1.54. The van der Waals surface area contributed by atoms with Crippen LogP contribution >= 0.6 is 0 Å². The monoisotopic (exact) mass is 270 g/mol. The zero-order chi connectivity index (χ0) is 13.9. The van der Waals surface area contributed by atoms with E-state index in [4.69, 9.17) is 0 Å². The molecule has 1 aliphatic heterocycles. The van der Waals surface area contributed by atoms with Crippen LogP contribution in [0.3, 0.4) is 0 Å². The number of aryl methyl sites for hydroxylation is 1. The minimum Gasteiger partial charge on any atom is -0.347 e. The highest BCUT2D eigenvalue weighted by Gasteiger charge is 2.20. The molecule has 106 valence electrons. The van der Waals surface area contributed by atoms with Gasteiger partial charge in [-0.05, 0) is 19.5 Å². The third kappa shape index (κ3) is 3.08. The number of fused-ring (bicyclic) bond motifs is 1. The summed E-state index contributed by atoms with van der Waals surface area (Å²) in [5.74, 6) is 0. The van der Waals surface area contributed by atoms with Crippen LogP contribution in [0, 0.1) is 6.92 Å². The Hall–Kier alpha value is -1.65. The number of nitrogens with zero attached hydrogens (tertiary/aromatic N) is 2. The molecule has 4 nitrogen and oxygen atoms in total. The molecule has 1 aromatic carbocycles. The summed E-state index contributed by atoms with van der Waals surface area (Å²) in [6.07, 6.45) is 2.81. The minimum absolute atomic E-state index is 0.487. The highest BCUT2D eigenvalue weighted by molar-refractivity contribution is 5.21. The van der Waals surface area contributed by atoms with Gasteiger partial charge in [-0.1, -0.05) is 29.8 Å². The predicted molar refractivity (Wildman–Crippen MR) is 80.4 cm³/mol. The molecule has 1 aromatic heterocycles. The second-order valence-corrected chi connectivity index (χ2v) is 5.79. The maximum Gasteiger partial charge on any atom is 0.0925 e. The molecule has 20 heavy (non-hydrogen) atoms. The Morgan fingerprint density at radius 3 is 2.90 bits per heavy atom. The summed E-state index contributed by atoms with van der Waals surface area (Å²) in [5, 5.41) is 3.57. The first-order chi connectivity index (χ1) is 9.70. The van der Waals surface area contributed by atoms with Crippen molar-refractivity contribution >= 4 is 0 Å². The SMILES string of the molecule is Cc1ccc(CN(C)CC2Cc3nc[nH]c3CN2)cc1. The van der Waals surface area contributed by atoms with Crippen LogP contribution in [0.5, 0.6) is 0 Å². The molecule has 1 atom stereocenters. The standard InChI is InChI=1S/C16H22N4/c1-12-3-5-13(6-4-12)9-20(2)10-14-7-15-16(8-17-14)19-11-18-15/h3-6,11,14,17H,7-10H2,1-2H3,(H,18,19). The minimum atomic E-state index is 0.487. The Labute approximate surface area is 120 Å². The molecule has 0 saturated heterocycles. The molecule has 0 saturated carbocycles. The Morgan fingerprint density at radius 1 is 1.30 bits per heavy atom. The van der Waals surface area contributed by atoms with Crippen LogP contribution in [0.15, 0.2) is 30.6 Å². The van der Waals surface area contributed by atoms with E-state index in [0.29, 0.717) is 6.04 Å². The molecule has 4 heteroatoms. The fourth-order valence-electron chi connectivity index (χ4n) is 2.81. The van der Waals surface area contributed by atoms with Crippen molar-refractivity contribution in [2.24, 2.45) is 0 Å². The third-order valence-electron chi connectivity index (χ3n) is 3.92. The van der Waals surface area contributed by atoms with Crippen LogP contribution in [-0.4, -0.2) is 34.5 Å². The van der Waals surface area contributed by atoms with Crippen LogP contribution in [0.1, 0.15) is 22.5 Å². The third-order valence-corrected chi connectivity index (χ3v) is 3.92. The van der Waals surface area contributed by atoms with Crippen molar-refractivity contribution in [2.45, 2.75) is 32.5 Å². The summed E-state index contributed by atoms with van der Waals surface area (Å²) < 4.78 is 0. The van der Waals surface area contributed by atoms with E-state index in [2.05, 4.69) is 58.4 Å². The fraction of sp³-hybridized carbons (Fsp3) is 0.438. The van der Waals surface area contributed by atoms with Gasteiger partial charge in [-0.15, -0.1) is 0 Å². The van der Waals surface area contributed by atoms with Gasteiger partial charge in [0.2, 0.25) is 0 Å². The van der Waals surface area contributed by atoms with Gasteiger partial charge >= 0.3 is 0 Å². The van der Waals surface area contributed by atoms with E-state index in [0.717, 1.165) is 26.1 Å². The first kappa shape index (κ1) is 13.3. The molecule has 0 bridgehead atoms. The lowest BCUT2D eigenvalue weighted by molar-refractivity contribution is 0.272. The molecule has 0 radical (unpaired) electrons. The summed E-state index contributed by atoms with van der Waals surface area (Å²) in [4.78, 5) is 9.96. The number of imidazole rings is 1. The number of hydrogen-bond acceptors (Lipinski definition) is 3. The van der Waals surface area contributed by atoms with Gasteiger partial charge in [-0.2, -0.15) is 0 Å². The average Bonchev–Trinajstić information content (AvgIpc) is 2.89. The summed E-state index contributed by atoms with van der Waals surface area (Å²) in [6, 6.07) is 9.27. The molecule has 1 unspecified atom stereocenters. The van der Waals surface area contributed by atoms with Crippen molar-refractivity contribution in [1.82, 2.24) is 20.2 Å². The zero-order valence-electron chi connectivity index (χ0n) is 12.2. The molecular weight excluding hydrogens is 248 g/mol. The van der Waals surface area contributed by atoms with E-state index in [1.165, 1.54) is 22.5 Å². The van der Waals surface area contributed by atoms with Gasteiger partial charge in [0.05, 0.1) is 17.7 Å². The van der Waals surface area contributed by atoms with Crippen molar-refractivity contribution in [3.05, 3.63) is 53.1 Å². The van der Waals surface area contributed by atoms with E-state index in [1.807, 2.05) is 0 Å². The number of nitrogens with one attached hydrogen (secondary N) is 2. The average molecular weight is 270 g/mol. The zero-order valence-corrected chi connectivity index (χ0v) is 12.2. The lowest BCUT2D eigenvalue weighted by Crippen LogP contribution is -2.43. The van der Waals surface area contributed by atoms with Gasteiger partial charge in [-0.3, -0.25) is 0 Å². The summed E-state index contributed by atoms with van der Waals surface area (Å²) in [6.45, 7) is 5.06. The van der Waals surface area contributed by atoms with Gasteiger partial charge in [0.25, 0.3) is 0 Å². The lowest BCUT2D eigenvalue weighted by Gasteiger charge is -2.27. The number of H-pyrrole nitrogens is 1. The maximum atomic E-state index is 4.39. The lowest BCUT2D eigenvalue weighted by atomic mass is 10.0. The first-order valence-corrected chi connectivity index (χ1v) is 7.19. The second kappa shape index (κ2) is 5.77. The summed E-state index contributed by atoms with van der Waals surface area (Å²) in [5.41, 5.74) is 5.14. The molecule has 2 heterocycles. The molecule has 2 aromatic rings. The van der Waals surface area contributed by atoms with Crippen molar-refractivity contribution in [2.75, 3.05) is 13.6 Å². The topological polar surface area (TPSA) is 44.0 Å². The van der Waals surface area contributed by atoms with Crippen LogP contribution in [0.2, 0.25) is 0 Å². The van der Waals surface area contributed by atoms with Gasteiger partial charge in [0, 0.05) is 32.1 Å². The molecular formula is C16H22N4. The summed E-state index contributed by atoms with van der Waals surface area (Å²) in [7, 11) is 2.18. The van der Waals surface area contributed by atoms with E-state index < -0.39 is 0 Å². The Kier molecular flexibility index (Phi) is 3.85. The number of hydrogen-bond donors (Lipinski definition) is 2. The van der Waals surface area contributed by atoms with Gasteiger partial charge in [-0.25, -0.2) is 4.98 Å². The van der Waals surface area contributed by atoms with Crippen LogP contribution in [0.25, 0.3) is 0 Å². The van der Waals surface area contributed by atoms with Gasteiger partial charge < -0.3 is 15.2 Å². The fourth-order valence-corrected chi connectivity index (χ4v) is 2.81. The van der Waals surface area contributed by atoms with E-state index in [9.17, 15) is 0 Å². The van der Waals surface area contributed by atoms with Gasteiger partial charge in [0.1, 0.15) is 0 Å². The molecule has 0 aliphatic carbocycles.